The lowest BCUT2D eigenvalue weighted by Crippen LogP contribution is -2.40. The van der Waals surface area contributed by atoms with Crippen molar-refractivity contribution in [1.29, 1.82) is 0 Å². The molecule has 0 saturated carbocycles. The maximum absolute atomic E-state index is 12.4. The van der Waals surface area contributed by atoms with Crippen molar-refractivity contribution < 1.29 is 9.59 Å². The lowest BCUT2D eigenvalue weighted by Gasteiger charge is -2.16. The van der Waals surface area contributed by atoms with Gasteiger partial charge in [-0.2, -0.15) is 0 Å². The first-order valence-corrected chi connectivity index (χ1v) is 11.6. The molecule has 0 atom stereocenters. The number of amides is 3. The van der Waals surface area contributed by atoms with Gasteiger partial charge < -0.3 is 15.6 Å². The second-order valence-corrected chi connectivity index (χ2v) is 9.96. The average Bonchev–Trinajstić information content (AvgIpc) is 3.48. The van der Waals surface area contributed by atoms with Crippen LogP contribution in [0.5, 0.6) is 0 Å². The van der Waals surface area contributed by atoms with Crippen LogP contribution in [-0.2, 0) is 4.79 Å². The van der Waals surface area contributed by atoms with E-state index in [1.54, 1.807) is 20.0 Å². The highest BCUT2D eigenvalue weighted by atomic mass is 35.5. The first kappa shape index (κ1) is 21.4. The summed E-state index contributed by atoms with van der Waals surface area (Å²) >= 11 is 7.66. The highest BCUT2D eigenvalue weighted by Gasteiger charge is 2.43. The number of imide groups is 1. The second-order valence-electron chi connectivity index (χ2n) is 8.24. The largest absolute Gasteiger partial charge is 0.361 e. The molecule has 0 bridgehead atoms. The Hall–Kier alpha value is -3.43. The van der Waals surface area contributed by atoms with Gasteiger partial charge in [0.25, 0.3) is 5.91 Å². The number of aromatic amines is 1. The number of halogens is 1. The van der Waals surface area contributed by atoms with E-state index in [1.165, 1.54) is 16.2 Å². The van der Waals surface area contributed by atoms with Gasteiger partial charge in [-0.05, 0) is 43.7 Å². The van der Waals surface area contributed by atoms with Gasteiger partial charge >= 0.3 is 6.03 Å². The lowest BCUT2D eigenvalue weighted by molar-refractivity contribution is -0.130. The van der Waals surface area contributed by atoms with E-state index < -0.39 is 11.6 Å². The highest BCUT2D eigenvalue weighted by molar-refractivity contribution is 7.19. The predicted octanol–water partition coefficient (Wildman–Crippen LogP) is 4.75. The van der Waals surface area contributed by atoms with Crippen molar-refractivity contribution in [3.8, 4) is 21.7 Å². The fraction of sp³-hybridized carbons (Fsp3) is 0.217. The molecule has 0 radical (unpaired) electrons. The van der Waals surface area contributed by atoms with Crippen LogP contribution in [-0.4, -0.2) is 50.4 Å². The molecule has 10 heteroatoms. The van der Waals surface area contributed by atoms with E-state index in [0.29, 0.717) is 16.8 Å². The number of nitrogens with one attached hydrogen (secondary N) is 3. The van der Waals surface area contributed by atoms with Crippen LogP contribution in [0, 0.1) is 0 Å². The predicted molar refractivity (Wildman–Crippen MR) is 130 cm³/mol. The summed E-state index contributed by atoms with van der Waals surface area (Å²) in [5, 5.41) is 6.89. The molecule has 1 aromatic carbocycles. The van der Waals surface area contributed by atoms with Crippen LogP contribution in [0.25, 0.3) is 32.6 Å². The maximum Gasteiger partial charge on any atom is 0.325 e. The molecule has 1 aliphatic rings. The molecule has 1 aliphatic heterocycles. The van der Waals surface area contributed by atoms with Crippen molar-refractivity contribution in [2.45, 2.75) is 19.4 Å². The molecule has 1 saturated heterocycles. The van der Waals surface area contributed by atoms with Crippen LogP contribution >= 0.6 is 22.9 Å². The molecule has 3 N–H and O–H groups in total. The number of thiophene rings is 1. The molecule has 0 unspecified atom stereocenters. The average molecular weight is 481 g/mol. The summed E-state index contributed by atoms with van der Waals surface area (Å²) in [5.41, 5.74) is 2.80. The first-order valence-electron chi connectivity index (χ1n) is 10.4. The molecule has 168 valence electrons. The van der Waals surface area contributed by atoms with Gasteiger partial charge in [-0.3, -0.25) is 9.69 Å². The molecule has 3 aromatic heterocycles. The minimum absolute atomic E-state index is 0.210. The van der Waals surface area contributed by atoms with Gasteiger partial charge in [0.05, 0.1) is 14.9 Å². The number of H-pyrrole nitrogens is 1. The van der Waals surface area contributed by atoms with Crippen LogP contribution in [0.3, 0.4) is 0 Å². The Bertz CT molecular complexity index is 1380. The summed E-state index contributed by atoms with van der Waals surface area (Å²) in [6.45, 7) is 3.91. The van der Waals surface area contributed by atoms with Gasteiger partial charge in [-0.25, -0.2) is 14.8 Å². The third kappa shape index (κ3) is 3.94. The molecule has 5 rings (SSSR count). The molecule has 4 heterocycles. The van der Waals surface area contributed by atoms with E-state index in [-0.39, 0.29) is 12.5 Å². The van der Waals surface area contributed by atoms with Crippen LogP contribution < -0.4 is 10.6 Å². The van der Waals surface area contributed by atoms with Gasteiger partial charge in [0.1, 0.15) is 5.54 Å². The van der Waals surface area contributed by atoms with E-state index in [0.717, 1.165) is 32.6 Å². The maximum atomic E-state index is 12.4. The summed E-state index contributed by atoms with van der Waals surface area (Å²) in [7, 11) is 0. The Balaban J connectivity index is 1.44. The summed E-state index contributed by atoms with van der Waals surface area (Å²) < 4.78 is 0.671. The normalized spacial score (nSPS) is 15.3. The molecule has 33 heavy (non-hydrogen) atoms. The van der Waals surface area contributed by atoms with Crippen LogP contribution in [0.1, 0.15) is 13.8 Å². The number of benzene rings is 1. The number of hydrogen-bond acceptors (Lipinski definition) is 6. The molecular weight excluding hydrogens is 460 g/mol. The molecule has 0 spiro atoms. The SMILES string of the molecule is CC1(C)NC(=O)N(CCNc2ncc(-c3cccc4[nH]ccc34)c(-c3ccc(Cl)s3)n2)C1=O. The Kier molecular flexibility index (Phi) is 5.30. The lowest BCUT2D eigenvalue weighted by atomic mass is 10.0. The summed E-state index contributed by atoms with van der Waals surface area (Å²) in [5.74, 6) is 0.157. The number of rotatable bonds is 6. The van der Waals surface area contributed by atoms with Crippen molar-refractivity contribution in [3.05, 3.63) is 53.1 Å². The topological polar surface area (TPSA) is 103 Å². The Morgan fingerprint density at radius 3 is 2.73 bits per heavy atom. The number of anilines is 1. The Labute approximate surface area is 199 Å². The third-order valence-electron chi connectivity index (χ3n) is 5.54. The summed E-state index contributed by atoms with van der Waals surface area (Å²) in [6, 6.07) is 11.5. The van der Waals surface area contributed by atoms with Gasteiger partial charge in [0.15, 0.2) is 0 Å². The minimum atomic E-state index is -0.889. The Morgan fingerprint density at radius 2 is 2.00 bits per heavy atom. The van der Waals surface area contributed by atoms with Gasteiger partial charge in [0.2, 0.25) is 5.95 Å². The van der Waals surface area contributed by atoms with Crippen LogP contribution in [0.4, 0.5) is 10.7 Å². The van der Waals surface area contributed by atoms with E-state index >= 15 is 0 Å². The van der Waals surface area contributed by atoms with E-state index in [1.807, 2.05) is 42.6 Å². The molecule has 0 aliphatic carbocycles. The molecular formula is C23H21ClN6O2S. The van der Waals surface area contributed by atoms with Crippen molar-refractivity contribution in [2.24, 2.45) is 0 Å². The van der Waals surface area contributed by atoms with Crippen LogP contribution in [0.2, 0.25) is 4.34 Å². The van der Waals surface area contributed by atoms with E-state index in [4.69, 9.17) is 16.6 Å². The van der Waals surface area contributed by atoms with Crippen molar-refractivity contribution >= 4 is 51.7 Å². The number of nitrogens with zero attached hydrogens (tertiary/aromatic N) is 3. The fourth-order valence-corrected chi connectivity index (χ4v) is 4.96. The quantitative estimate of drug-likeness (QED) is 0.345. The standard InChI is InChI=1S/C23H21ClN6O2S/c1-23(2)20(31)30(22(32)29-23)11-10-26-21-27-12-15(19(28-21)17-6-7-18(24)33-17)13-4-3-5-16-14(13)8-9-25-16/h3-9,12,25H,10-11H2,1-2H3,(H,29,32)(H,26,27,28). The Morgan fingerprint density at radius 1 is 1.15 bits per heavy atom. The zero-order valence-corrected chi connectivity index (χ0v) is 19.5. The number of hydrogen-bond donors (Lipinski definition) is 3. The molecule has 1 fully saturated rings. The van der Waals surface area contributed by atoms with Crippen LogP contribution in [0.15, 0.2) is 48.8 Å². The number of urea groups is 1. The van der Waals surface area contributed by atoms with Gasteiger partial charge in [-0.1, -0.05) is 23.7 Å². The van der Waals surface area contributed by atoms with Gasteiger partial charge in [0, 0.05) is 41.9 Å². The number of carbonyl (C=O) groups excluding carboxylic acids is 2. The third-order valence-corrected chi connectivity index (χ3v) is 6.78. The smallest absolute Gasteiger partial charge is 0.325 e. The van der Waals surface area contributed by atoms with E-state index in [9.17, 15) is 9.59 Å². The van der Waals surface area contributed by atoms with Crippen molar-refractivity contribution in [2.75, 3.05) is 18.4 Å². The summed E-state index contributed by atoms with van der Waals surface area (Å²) in [6.07, 6.45) is 3.70. The minimum Gasteiger partial charge on any atom is -0.361 e. The fourth-order valence-electron chi connectivity index (χ4n) is 3.91. The van der Waals surface area contributed by atoms with Crippen molar-refractivity contribution in [1.82, 2.24) is 25.2 Å². The molecule has 4 aromatic rings. The zero-order chi connectivity index (χ0) is 23.2. The first-order chi connectivity index (χ1) is 15.8. The highest BCUT2D eigenvalue weighted by Crippen LogP contribution is 2.38. The zero-order valence-electron chi connectivity index (χ0n) is 18.0. The molecule has 3 amide bonds. The van der Waals surface area contributed by atoms with Gasteiger partial charge in [-0.15, -0.1) is 11.3 Å². The second kappa shape index (κ2) is 8.17. The van der Waals surface area contributed by atoms with E-state index in [2.05, 4.69) is 20.6 Å². The number of fused-ring (bicyclic) bond motifs is 1. The molecule has 8 nitrogen and oxygen atoms in total. The number of aromatic nitrogens is 3. The van der Waals surface area contributed by atoms with Crippen molar-refractivity contribution in [3.63, 3.8) is 0 Å². The monoisotopic (exact) mass is 480 g/mol. The number of carbonyl (C=O) groups is 2. The summed E-state index contributed by atoms with van der Waals surface area (Å²) in [4.78, 5) is 39.1.